The smallest absolute Gasteiger partial charge is 0.339 e. The number of carbonyl (C=O) groups excluding carboxylic acids is 1. The van der Waals surface area contributed by atoms with Gasteiger partial charge in [0.15, 0.2) is 0 Å². The van der Waals surface area contributed by atoms with Gasteiger partial charge in [0, 0.05) is 5.69 Å². The molecule has 0 saturated heterocycles. The first-order valence-electron chi connectivity index (χ1n) is 6.99. The Bertz CT molecular complexity index is 684. The lowest BCUT2D eigenvalue weighted by molar-refractivity contribution is 0.0255. The van der Waals surface area contributed by atoms with Crippen LogP contribution >= 0.6 is 15.9 Å². The van der Waals surface area contributed by atoms with E-state index < -0.39 is 0 Å². The molecule has 1 aliphatic rings. The van der Waals surface area contributed by atoms with Crippen molar-refractivity contribution in [2.24, 2.45) is 0 Å². The van der Waals surface area contributed by atoms with E-state index in [2.05, 4.69) is 22.0 Å². The summed E-state index contributed by atoms with van der Waals surface area (Å²) in [6.07, 6.45) is 2.78. The Morgan fingerprint density at radius 2 is 2.00 bits per heavy atom. The second-order valence-corrected chi connectivity index (χ2v) is 5.99. The summed E-state index contributed by atoms with van der Waals surface area (Å²) in [5.74, 6) is -0.337. The lowest BCUT2D eigenvalue weighted by Crippen LogP contribution is -2.17. The average Bonchev–Trinajstić information content (AvgIpc) is 2.50. The molecule has 1 atom stereocenters. The number of anilines is 1. The number of benzene rings is 2. The van der Waals surface area contributed by atoms with Gasteiger partial charge in [0.2, 0.25) is 0 Å². The largest absolute Gasteiger partial charge is 0.454 e. The molecular weight excluding hydrogens is 330 g/mol. The second-order valence-electron chi connectivity index (χ2n) is 5.19. The SMILES string of the molecule is Nc1cccc(C(=O)OC2CCCc3ccccc32)c1Br. The van der Waals surface area contributed by atoms with Crippen molar-refractivity contribution in [3.05, 3.63) is 63.6 Å². The lowest BCUT2D eigenvalue weighted by atomic mass is 9.89. The highest BCUT2D eigenvalue weighted by Gasteiger charge is 2.24. The first-order valence-corrected chi connectivity index (χ1v) is 7.79. The fourth-order valence-electron chi connectivity index (χ4n) is 2.73. The number of hydrogen-bond acceptors (Lipinski definition) is 3. The number of esters is 1. The number of rotatable bonds is 2. The van der Waals surface area contributed by atoms with Crippen molar-refractivity contribution < 1.29 is 9.53 Å². The van der Waals surface area contributed by atoms with E-state index >= 15 is 0 Å². The maximum absolute atomic E-state index is 12.4. The summed E-state index contributed by atoms with van der Waals surface area (Å²) in [7, 11) is 0. The van der Waals surface area contributed by atoms with Crippen LogP contribution in [0.25, 0.3) is 0 Å². The summed E-state index contributed by atoms with van der Waals surface area (Å²) >= 11 is 3.35. The molecule has 3 nitrogen and oxygen atoms in total. The van der Waals surface area contributed by atoms with Crippen LogP contribution in [0.1, 0.15) is 40.4 Å². The molecule has 4 heteroatoms. The van der Waals surface area contributed by atoms with Crippen molar-refractivity contribution in [2.45, 2.75) is 25.4 Å². The Morgan fingerprint density at radius 1 is 1.19 bits per heavy atom. The Balaban J connectivity index is 1.85. The third-order valence-electron chi connectivity index (χ3n) is 3.81. The monoisotopic (exact) mass is 345 g/mol. The average molecular weight is 346 g/mol. The maximum atomic E-state index is 12.4. The summed E-state index contributed by atoms with van der Waals surface area (Å²) in [5, 5.41) is 0. The highest BCUT2D eigenvalue weighted by Crippen LogP contribution is 2.34. The van der Waals surface area contributed by atoms with E-state index in [9.17, 15) is 4.79 Å². The van der Waals surface area contributed by atoms with Gasteiger partial charge in [-0.3, -0.25) is 0 Å². The standard InChI is InChI=1S/C17H16BrNO2/c18-16-13(8-4-9-14(16)19)17(20)21-15-10-3-6-11-5-1-2-7-12(11)15/h1-2,4-5,7-9,15H,3,6,10,19H2. The molecule has 2 aromatic rings. The quantitative estimate of drug-likeness (QED) is 0.653. The number of fused-ring (bicyclic) bond motifs is 1. The fourth-order valence-corrected chi connectivity index (χ4v) is 3.16. The molecule has 0 bridgehead atoms. The zero-order valence-corrected chi connectivity index (χ0v) is 13.1. The Morgan fingerprint density at radius 3 is 2.86 bits per heavy atom. The van der Waals surface area contributed by atoms with Gasteiger partial charge in [0.05, 0.1) is 10.0 Å². The molecule has 0 spiro atoms. The van der Waals surface area contributed by atoms with Crippen LogP contribution in [-0.4, -0.2) is 5.97 Å². The molecule has 0 saturated carbocycles. The van der Waals surface area contributed by atoms with Crippen LogP contribution in [0.3, 0.4) is 0 Å². The van der Waals surface area contributed by atoms with Gasteiger partial charge in [-0.1, -0.05) is 30.3 Å². The highest BCUT2D eigenvalue weighted by molar-refractivity contribution is 9.10. The van der Waals surface area contributed by atoms with E-state index in [1.54, 1.807) is 18.2 Å². The molecule has 3 rings (SSSR count). The topological polar surface area (TPSA) is 52.3 Å². The van der Waals surface area contributed by atoms with Gasteiger partial charge in [0.1, 0.15) is 6.10 Å². The van der Waals surface area contributed by atoms with E-state index in [1.807, 2.05) is 18.2 Å². The van der Waals surface area contributed by atoms with E-state index in [0.717, 1.165) is 24.8 Å². The predicted molar refractivity (Wildman–Crippen MR) is 86.1 cm³/mol. The van der Waals surface area contributed by atoms with Gasteiger partial charge >= 0.3 is 5.97 Å². The van der Waals surface area contributed by atoms with Gasteiger partial charge in [0.25, 0.3) is 0 Å². The maximum Gasteiger partial charge on any atom is 0.339 e. The molecule has 0 fully saturated rings. The van der Waals surface area contributed by atoms with Crippen molar-refractivity contribution in [3.63, 3.8) is 0 Å². The van der Waals surface area contributed by atoms with Crippen LogP contribution in [-0.2, 0) is 11.2 Å². The Hall–Kier alpha value is -1.81. The van der Waals surface area contributed by atoms with Crippen LogP contribution in [0.4, 0.5) is 5.69 Å². The van der Waals surface area contributed by atoms with Crippen molar-refractivity contribution in [2.75, 3.05) is 5.73 Å². The normalized spacial score (nSPS) is 17.1. The number of nitrogen functional groups attached to an aromatic ring is 1. The van der Waals surface area contributed by atoms with E-state index in [1.165, 1.54) is 5.56 Å². The summed E-state index contributed by atoms with van der Waals surface area (Å²) in [6.45, 7) is 0. The van der Waals surface area contributed by atoms with Gasteiger partial charge in [-0.15, -0.1) is 0 Å². The number of hydrogen-bond donors (Lipinski definition) is 1. The molecule has 21 heavy (non-hydrogen) atoms. The van der Waals surface area contributed by atoms with Gasteiger partial charge in [-0.05, 0) is 58.5 Å². The van der Waals surface area contributed by atoms with Crippen LogP contribution < -0.4 is 5.73 Å². The molecular formula is C17H16BrNO2. The van der Waals surface area contributed by atoms with Crippen LogP contribution in [0.15, 0.2) is 46.9 Å². The van der Waals surface area contributed by atoms with Crippen LogP contribution in [0.5, 0.6) is 0 Å². The molecule has 0 aromatic heterocycles. The van der Waals surface area contributed by atoms with Crippen molar-refractivity contribution >= 4 is 27.6 Å². The summed E-state index contributed by atoms with van der Waals surface area (Å²) < 4.78 is 6.31. The van der Waals surface area contributed by atoms with Crippen LogP contribution in [0, 0.1) is 0 Å². The number of nitrogens with two attached hydrogens (primary N) is 1. The highest BCUT2D eigenvalue weighted by atomic mass is 79.9. The minimum atomic E-state index is -0.337. The minimum Gasteiger partial charge on any atom is -0.454 e. The molecule has 2 N–H and O–H groups in total. The number of carbonyl (C=O) groups is 1. The summed E-state index contributed by atoms with van der Waals surface area (Å²) in [4.78, 5) is 12.4. The number of aryl methyl sites for hydroxylation is 1. The predicted octanol–water partition coefficient (Wildman–Crippen LogP) is 4.27. The summed E-state index contributed by atoms with van der Waals surface area (Å²) in [5.41, 5.74) is 9.21. The number of halogens is 1. The molecule has 0 amide bonds. The van der Waals surface area contributed by atoms with Gasteiger partial charge in [-0.25, -0.2) is 4.79 Å². The second kappa shape index (κ2) is 5.90. The molecule has 0 aliphatic heterocycles. The first kappa shape index (κ1) is 14.1. The Labute approximate surface area is 132 Å². The van der Waals surface area contributed by atoms with E-state index in [0.29, 0.717) is 15.7 Å². The molecule has 2 aromatic carbocycles. The van der Waals surface area contributed by atoms with Gasteiger partial charge in [-0.2, -0.15) is 0 Å². The third-order valence-corrected chi connectivity index (χ3v) is 4.70. The lowest BCUT2D eigenvalue weighted by Gasteiger charge is -2.25. The Kier molecular flexibility index (Phi) is 3.97. The molecule has 0 radical (unpaired) electrons. The van der Waals surface area contributed by atoms with E-state index in [-0.39, 0.29) is 12.1 Å². The van der Waals surface area contributed by atoms with Crippen molar-refractivity contribution in [3.8, 4) is 0 Å². The third kappa shape index (κ3) is 2.81. The first-order chi connectivity index (χ1) is 10.2. The number of ether oxygens (including phenoxy) is 1. The van der Waals surface area contributed by atoms with Crippen molar-refractivity contribution in [1.82, 2.24) is 0 Å². The zero-order chi connectivity index (χ0) is 14.8. The van der Waals surface area contributed by atoms with Gasteiger partial charge < -0.3 is 10.5 Å². The summed E-state index contributed by atoms with van der Waals surface area (Å²) in [6, 6.07) is 13.4. The molecule has 0 heterocycles. The van der Waals surface area contributed by atoms with Crippen LogP contribution in [0.2, 0.25) is 0 Å². The molecule has 1 aliphatic carbocycles. The molecule has 108 valence electrons. The minimum absolute atomic E-state index is 0.171. The van der Waals surface area contributed by atoms with Crippen molar-refractivity contribution in [1.29, 1.82) is 0 Å². The van der Waals surface area contributed by atoms with E-state index in [4.69, 9.17) is 10.5 Å². The molecule has 1 unspecified atom stereocenters. The zero-order valence-electron chi connectivity index (χ0n) is 11.5. The fraction of sp³-hybridized carbons (Fsp3) is 0.235.